The van der Waals surface area contributed by atoms with Crippen molar-refractivity contribution in [3.63, 3.8) is 0 Å². The molecule has 0 saturated carbocycles. The summed E-state index contributed by atoms with van der Waals surface area (Å²) in [5.74, 6) is 0.476. The van der Waals surface area contributed by atoms with Crippen molar-refractivity contribution in [1.82, 2.24) is 34.9 Å². The minimum Gasteiger partial charge on any atom is -0.341 e. The van der Waals surface area contributed by atoms with Crippen molar-refractivity contribution in [1.29, 1.82) is 0 Å². The summed E-state index contributed by atoms with van der Waals surface area (Å²) in [7, 11) is 1.84. The van der Waals surface area contributed by atoms with Crippen LogP contribution in [0.25, 0.3) is 5.69 Å². The molecule has 0 aliphatic carbocycles. The summed E-state index contributed by atoms with van der Waals surface area (Å²) in [5.41, 5.74) is 2.04. The van der Waals surface area contributed by atoms with E-state index >= 15 is 0 Å². The summed E-state index contributed by atoms with van der Waals surface area (Å²) in [4.78, 5) is 14.8. The van der Waals surface area contributed by atoms with E-state index in [0.717, 1.165) is 37.1 Å². The highest BCUT2D eigenvalue weighted by Gasteiger charge is 2.30. The third-order valence-corrected chi connectivity index (χ3v) is 4.76. The summed E-state index contributed by atoms with van der Waals surface area (Å²) >= 11 is 0. The molecule has 1 aliphatic rings. The molecule has 0 unspecified atom stereocenters. The molecule has 3 aromatic rings. The highest BCUT2D eigenvalue weighted by molar-refractivity contribution is 5.82. The SMILES string of the molecule is CN(Cc1cccc(-n2cccn2)c1)C(=O)[C@@H]1CCCCn2nnnc21. The van der Waals surface area contributed by atoms with Crippen LogP contribution in [0.5, 0.6) is 0 Å². The molecule has 8 heteroatoms. The topological polar surface area (TPSA) is 81.7 Å². The molecular weight excluding hydrogens is 330 g/mol. The van der Waals surface area contributed by atoms with Gasteiger partial charge in [-0.05, 0) is 47.0 Å². The fraction of sp³-hybridized carbons (Fsp3) is 0.389. The van der Waals surface area contributed by atoms with Crippen LogP contribution in [0.1, 0.15) is 36.6 Å². The van der Waals surface area contributed by atoms with Crippen LogP contribution in [0.3, 0.4) is 0 Å². The normalized spacial score (nSPS) is 16.7. The summed E-state index contributed by atoms with van der Waals surface area (Å²) in [5, 5.41) is 16.1. The molecule has 4 rings (SSSR count). The Morgan fingerprint density at radius 1 is 1.31 bits per heavy atom. The number of benzene rings is 1. The Balaban J connectivity index is 1.51. The molecule has 0 bridgehead atoms. The molecule has 0 radical (unpaired) electrons. The first-order valence-electron chi connectivity index (χ1n) is 8.82. The van der Waals surface area contributed by atoms with Gasteiger partial charge >= 0.3 is 0 Å². The Labute approximate surface area is 151 Å². The Hall–Kier alpha value is -3.03. The van der Waals surface area contributed by atoms with Crippen LogP contribution in [-0.2, 0) is 17.9 Å². The van der Waals surface area contributed by atoms with Crippen LogP contribution >= 0.6 is 0 Å². The fourth-order valence-electron chi connectivity index (χ4n) is 3.43. The molecular formula is C18H21N7O. The van der Waals surface area contributed by atoms with E-state index < -0.39 is 0 Å². The van der Waals surface area contributed by atoms with Crippen LogP contribution < -0.4 is 0 Å². The predicted octanol–water partition coefficient (Wildman–Crippen LogP) is 1.78. The molecule has 1 aliphatic heterocycles. The lowest BCUT2D eigenvalue weighted by Gasteiger charge is -2.22. The quantitative estimate of drug-likeness (QED) is 0.716. The number of likely N-dealkylation sites (N-methyl/N-ethyl adjacent to an activating group) is 1. The van der Waals surface area contributed by atoms with Gasteiger partial charge in [0.05, 0.1) is 11.6 Å². The van der Waals surface area contributed by atoms with Gasteiger partial charge in [0.1, 0.15) is 0 Å². The lowest BCUT2D eigenvalue weighted by atomic mass is 10.0. The maximum Gasteiger partial charge on any atom is 0.233 e. The average molecular weight is 351 g/mol. The van der Waals surface area contributed by atoms with E-state index in [1.807, 2.05) is 48.3 Å². The number of nitrogens with zero attached hydrogens (tertiary/aromatic N) is 7. The molecule has 0 N–H and O–H groups in total. The Morgan fingerprint density at radius 3 is 3.08 bits per heavy atom. The smallest absolute Gasteiger partial charge is 0.233 e. The lowest BCUT2D eigenvalue weighted by Crippen LogP contribution is -2.32. The monoisotopic (exact) mass is 351 g/mol. The van der Waals surface area contributed by atoms with Crippen molar-refractivity contribution in [2.75, 3.05) is 7.05 Å². The van der Waals surface area contributed by atoms with Gasteiger partial charge in [-0.1, -0.05) is 18.6 Å². The van der Waals surface area contributed by atoms with Crippen LogP contribution in [0.15, 0.2) is 42.7 Å². The number of carbonyl (C=O) groups excluding carboxylic acids is 1. The number of tetrazole rings is 1. The van der Waals surface area contributed by atoms with Gasteiger partial charge in [-0.2, -0.15) is 5.10 Å². The molecule has 1 aromatic carbocycles. The zero-order valence-electron chi connectivity index (χ0n) is 14.7. The second-order valence-corrected chi connectivity index (χ2v) is 6.62. The van der Waals surface area contributed by atoms with Crippen LogP contribution in [0.4, 0.5) is 0 Å². The molecule has 0 spiro atoms. The van der Waals surface area contributed by atoms with Crippen molar-refractivity contribution < 1.29 is 4.79 Å². The minimum absolute atomic E-state index is 0.0624. The third kappa shape index (κ3) is 3.22. The van der Waals surface area contributed by atoms with E-state index in [4.69, 9.17) is 0 Å². The van der Waals surface area contributed by atoms with Gasteiger partial charge in [0.2, 0.25) is 5.91 Å². The average Bonchev–Trinajstić information content (AvgIpc) is 3.31. The first kappa shape index (κ1) is 16.4. The Kier molecular flexibility index (Phi) is 4.47. The van der Waals surface area contributed by atoms with E-state index in [1.54, 1.807) is 15.8 Å². The molecule has 0 fully saturated rings. The molecule has 0 saturated heterocycles. The molecule has 26 heavy (non-hydrogen) atoms. The van der Waals surface area contributed by atoms with Gasteiger partial charge in [-0.15, -0.1) is 5.10 Å². The van der Waals surface area contributed by atoms with Crippen LogP contribution in [-0.4, -0.2) is 47.8 Å². The summed E-state index contributed by atoms with van der Waals surface area (Å²) in [6.45, 7) is 1.31. The first-order valence-corrected chi connectivity index (χ1v) is 8.82. The lowest BCUT2D eigenvalue weighted by molar-refractivity contribution is -0.132. The third-order valence-electron chi connectivity index (χ3n) is 4.76. The van der Waals surface area contributed by atoms with E-state index in [2.05, 4.69) is 20.6 Å². The van der Waals surface area contributed by atoms with Gasteiger partial charge in [-0.3, -0.25) is 4.79 Å². The zero-order chi connectivity index (χ0) is 17.9. The molecule has 3 heterocycles. The number of rotatable bonds is 4. The number of fused-ring (bicyclic) bond motifs is 1. The standard InChI is InChI=1S/C18H21N7O/c1-23(13-14-6-4-7-15(12-14)24-11-5-9-19-24)18(26)16-8-2-3-10-25-17(16)20-21-22-25/h4-7,9,11-12,16H,2-3,8,10,13H2,1H3/t16-/m1/s1. The van der Waals surface area contributed by atoms with Crippen molar-refractivity contribution in [3.8, 4) is 5.69 Å². The van der Waals surface area contributed by atoms with E-state index in [0.29, 0.717) is 12.4 Å². The summed E-state index contributed by atoms with van der Waals surface area (Å²) in [6.07, 6.45) is 6.43. The molecule has 2 aromatic heterocycles. The maximum atomic E-state index is 13.0. The Bertz CT molecular complexity index is 887. The number of hydrogen-bond donors (Lipinski definition) is 0. The Morgan fingerprint density at radius 2 is 2.23 bits per heavy atom. The number of aryl methyl sites for hydroxylation is 1. The summed E-state index contributed by atoms with van der Waals surface area (Å²) < 4.78 is 3.58. The van der Waals surface area contributed by atoms with E-state index in [-0.39, 0.29) is 11.8 Å². The minimum atomic E-state index is -0.271. The van der Waals surface area contributed by atoms with Crippen LogP contribution in [0, 0.1) is 0 Å². The number of carbonyl (C=O) groups is 1. The van der Waals surface area contributed by atoms with Crippen molar-refractivity contribution in [2.24, 2.45) is 0 Å². The number of amides is 1. The van der Waals surface area contributed by atoms with Crippen molar-refractivity contribution in [3.05, 3.63) is 54.1 Å². The van der Waals surface area contributed by atoms with Crippen molar-refractivity contribution >= 4 is 5.91 Å². The predicted molar refractivity (Wildman–Crippen MR) is 94.4 cm³/mol. The van der Waals surface area contributed by atoms with Gasteiger partial charge in [0.25, 0.3) is 0 Å². The number of aromatic nitrogens is 6. The van der Waals surface area contributed by atoms with Gasteiger partial charge in [-0.25, -0.2) is 9.36 Å². The summed E-state index contributed by atoms with van der Waals surface area (Å²) in [6, 6.07) is 9.94. The molecule has 8 nitrogen and oxygen atoms in total. The first-order chi connectivity index (χ1) is 12.7. The maximum absolute atomic E-state index is 13.0. The highest BCUT2D eigenvalue weighted by atomic mass is 16.2. The van der Waals surface area contributed by atoms with Crippen LogP contribution in [0.2, 0.25) is 0 Å². The highest BCUT2D eigenvalue weighted by Crippen LogP contribution is 2.26. The van der Waals surface area contributed by atoms with E-state index in [1.165, 1.54) is 0 Å². The van der Waals surface area contributed by atoms with Crippen molar-refractivity contribution in [2.45, 2.75) is 38.3 Å². The van der Waals surface area contributed by atoms with Gasteiger partial charge in [0.15, 0.2) is 5.82 Å². The largest absolute Gasteiger partial charge is 0.341 e. The van der Waals surface area contributed by atoms with E-state index in [9.17, 15) is 4.79 Å². The zero-order valence-corrected chi connectivity index (χ0v) is 14.7. The molecule has 134 valence electrons. The second kappa shape index (κ2) is 7.07. The number of hydrogen-bond acceptors (Lipinski definition) is 5. The molecule has 1 atom stereocenters. The molecule has 1 amide bonds. The van der Waals surface area contributed by atoms with Gasteiger partial charge in [0, 0.05) is 32.5 Å². The van der Waals surface area contributed by atoms with Gasteiger partial charge < -0.3 is 4.90 Å². The second-order valence-electron chi connectivity index (χ2n) is 6.62. The fourth-order valence-corrected chi connectivity index (χ4v) is 3.43.